The minimum absolute atomic E-state index is 0.212. The molecular weight excluding hydrogens is 198 g/mol. The highest BCUT2D eigenvalue weighted by molar-refractivity contribution is 5.80. The van der Waals surface area contributed by atoms with Gasteiger partial charge in [0.1, 0.15) is 11.3 Å². The van der Waals surface area contributed by atoms with Crippen molar-refractivity contribution in [3.8, 4) is 0 Å². The Bertz CT molecular complexity index is 484. The number of hydrogen-bond donors (Lipinski definition) is 1. The van der Waals surface area contributed by atoms with Crippen molar-refractivity contribution in [2.24, 2.45) is 5.73 Å². The molecule has 0 aliphatic carbocycles. The Kier molecular flexibility index (Phi) is 3.01. The second-order valence-corrected chi connectivity index (χ2v) is 4.76. The fourth-order valence-electron chi connectivity index (χ4n) is 2.15. The summed E-state index contributed by atoms with van der Waals surface area (Å²) in [6.45, 7) is 6.27. The summed E-state index contributed by atoms with van der Waals surface area (Å²) in [7, 11) is 0. The summed E-state index contributed by atoms with van der Waals surface area (Å²) in [5.41, 5.74) is 8.01. The van der Waals surface area contributed by atoms with Crippen LogP contribution >= 0.6 is 0 Å². The molecule has 2 atom stereocenters. The van der Waals surface area contributed by atoms with Gasteiger partial charge in [0.05, 0.1) is 0 Å². The summed E-state index contributed by atoms with van der Waals surface area (Å²) in [5, 5.41) is 1.19. The summed E-state index contributed by atoms with van der Waals surface area (Å²) in [6.07, 6.45) is 0.957. The third-order valence-electron chi connectivity index (χ3n) is 2.97. The van der Waals surface area contributed by atoms with Crippen molar-refractivity contribution in [3.05, 3.63) is 35.6 Å². The minimum atomic E-state index is 0.212. The maximum absolute atomic E-state index is 5.91. The SMILES string of the molecule is Cc1cccc2cc(C(C)CC(C)N)oc12. The Balaban J connectivity index is 2.36. The van der Waals surface area contributed by atoms with Crippen LogP contribution in [-0.2, 0) is 0 Å². The van der Waals surface area contributed by atoms with Gasteiger partial charge in [0, 0.05) is 17.3 Å². The fourth-order valence-corrected chi connectivity index (χ4v) is 2.15. The number of rotatable bonds is 3. The Hall–Kier alpha value is -1.28. The van der Waals surface area contributed by atoms with Crippen molar-refractivity contribution < 1.29 is 4.42 Å². The molecule has 2 rings (SSSR count). The van der Waals surface area contributed by atoms with Crippen molar-refractivity contribution in [2.75, 3.05) is 0 Å². The van der Waals surface area contributed by atoms with Gasteiger partial charge in [-0.15, -0.1) is 0 Å². The lowest BCUT2D eigenvalue weighted by Gasteiger charge is -2.10. The first-order valence-electron chi connectivity index (χ1n) is 5.82. The average molecular weight is 217 g/mol. The molecule has 16 heavy (non-hydrogen) atoms. The van der Waals surface area contributed by atoms with Gasteiger partial charge in [-0.1, -0.05) is 25.1 Å². The molecule has 2 N–H and O–H groups in total. The number of benzene rings is 1. The molecule has 0 aliphatic rings. The highest BCUT2D eigenvalue weighted by Gasteiger charge is 2.13. The van der Waals surface area contributed by atoms with Gasteiger partial charge >= 0.3 is 0 Å². The Morgan fingerprint density at radius 3 is 2.69 bits per heavy atom. The minimum Gasteiger partial charge on any atom is -0.461 e. The van der Waals surface area contributed by atoms with Crippen LogP contribution in [0.2, 0.25) is 0 Å². The summed E-state index contributed by atoms with van der Waals surface area (Å²) in [5.74, 6) is 1.42. The van der Waals surface area contributed by atoms with E-state index < -0.39 is 0 Å². The number of furan rings is 1. The predicted molar refractivity (Wildman–Crippen MR) is 67.6 cm³/mol. The molecular formula is C14H19NO. The van der Waals surface area contributed by atoms with E-state index in [2.05, 4.69) is 38.1 Å². The number of hydrogen-bond acceptors (Lipinski definition) is 2. The highest BCUT2D eigenvalue weighted by Crippen LogP contribution is 2.29. The topological polar surface area (TPSA) is 39.2 Å². The number of nitrogens with two attached hydrogens (primary N) is 1. The van der Waals surface area contributed by atoms with E-state index in [-0.39, 0.29) is 6.04 Å². The zero-order valence-electron chi connectivity index (χ0n) is 10.2. The number of aryl methyl sites for hydroxylation is 1. The molecule has 86 valence electrons. The fraction of sp³-hybridized carbons (Fsp3) is 0.429. The maximum Gasteiger partial charge on any atom is 0.137 e. The van der Waals surface area contributed by atoms with E-state index >= 15 is 0 Å². The van der Waals surface area contributed by atoms with E-state index in [0.717, 1.165) is 17.8 Å². The number of para-hydroxylation sites is 1. The molecule has 0 radical (unpaired) electrons. The van der Waals surface area contributed by atoms with E-state index in [9.17, 15) is 0 Å². The van der Waals surface area contributed by atoms with Crippen LogP contribution in [-0.4, -0.2) is 6.04 Å². The van der Waals surface area contributed by atoms with Crippen LogP contribution in [0.4, 0.5) is 0 Å². The molecule has 0 bridgehead atoms. The van der Waals surface area contributed by atoms with Crippen LogP contribution in [0.3, 0.4) is 0 Å². The van der Waals surface area contributed by atoms with Gasteiger partial charge in [0.25, 0.3) is 0 Å². The lowest BCUT2D eigenvalue weighted by Crippen LogP contribution is -2.17. The van der Waals surface area contributed by atoms with Crippen molar-refractivity contribution in [1.29, 1.82) is 0 Å². The van der Waals surface area contributed by atoms with E-state index in [0.29, 0.717) is 5.92 Å². The van der Waals surface area contributed by atoms with Gasteiger partial charge in [-0.3, -0.25) is 0 Å². The first-order chi connectivity index (χ1) is 7.58. The van der Waals surface area contributed by atoms with Crippen LogP contribution in [0.1, 0.15) is 37.5 Å². The van der Waals surface area contributed by atoms with E-state index in [1.54, 1.807) is 0 Å². The Morgan fingerprint density at radius 1 is 1.31 bits per heavy atom. The Labute approximate surface area is 96.4 Å². The molecule has 2 heteroatoms. The van der Waals surface area contributed by atoms with E-state index in [1.165, 1.54) is 10.9 Å². The van der Waals surface area contributed by atoms with Crippen molar-refractivity contribution in [2.45, 2.75) is 39.2 Å². The van der Waals surface area contributed by atoms with Gasteiger partial charge in [-0.2, -0.15) is 0 Å². The second kappa shape index (κ2) is 4.30. The smallest absolute Gasteiger partial charge is 0.137 e. The molecule has 0 saturated carbocycles. The molecule has 2 nitrogen and oxygen atoms in total. The normalized spacial score (nSPS) is 15.2. The van der Waals surface area contributed by atoms with E-state index in [4.69, 9.17) is 10.2 Å². The quantitative estimate of drug-likeness (QED) is 0.853. The van der Waals surface area contributed by atoms with Crippen LogP contribution in [0.15, 0.2) is 28.7 Å². The lowest BCUT2D eigenvalue weighted by molar-refractivity contribution is 0.467. The van der Waals surface area contributed by atoms with Gasteiger partial charge < -0.3 is 10.2 Å². The number of fused-ring (bicyclic) bond motifs is 1. The van der Waals surface area contributed by atoms with Gasteiger partial charge in [0.15, 0.2) is 0 Å². The third-order valence-corrected chi connectivity index (χ3v) is 2.97. The largest absolute Gasteiger partial charge is 0.461 e. The molecule has 0 saturated heterocycles. The standard InChI is InChI=1S/C14H19NO/c1-9-5-4-6-12-8-13(16-14(9)12)10(2)7-11(3)15/h4-6,8,10-11H,7,15H2,1-3H3. The molecule has 1 aromatic heterocycles. The molecule has 2 unspecified atom stereocenters. The lowest BCUT2D eigenvalue weighted by atomic mass is 10.0. The molecule has 2 aromatic rings. The van der Waals surface area contributed by atoms with Crippen LogP contribution in [0.25, 0.3) is 11.0 Å². The molecule has 0 aliphatic heterocycles. The maximum atomic E-state index is 5.91. The molecule has 0 fully saturated rings. The molecule has 0 spiro atoms. The molecule has 1 heterocycles. The van der Waals surface area contributed by atoms with Crippen LogP contribution < -0.4 is 5.73 Å². The van der Waals surface area contributed by atoms with Crippen LogP contribution in [0, 0.1) is 6.92 Å². The third kappa shape index (κ3) is 2.12. The van der Waals surface area contributed by atoms with Gasteiger partial charge in [-0.25, -0.2) is 0 Å². The zero-order chi connectivity index (χ0) is 11.7. The van der Waals surface area contributed by atoms with Crippen LogP contribution in [0.5, 0.6) is 0 Å². The second-order valence-electron chi connectivity index (χ2n) is 4.76. The highest BCUT2D eigenvalue weighted by atomic mass is 16.3. The van der Waals surface area contributed by atoms with Crippen molar-refractivity contribution in [3.63, 3.8) is 0 Å². The van der Waals surface area contributed by atoms with Gasteiger partial charge in [-0.05, 0) is 31.9 Å². The summed E-state index contributed by atoms with van der Waals surface area (Å²) in [6, 6.07) is 8.58. The summed E-state index contributed by atoms with van der Waals surface area (Å²) < 4.78 is 5.91. The summed E-state index contributed by atoms with van der Waals surface area (Å²) >= 11 is 0. The molecule has 0 amide bonds. The zero-order valence-corrected chi connectivity index (χ0v) is 10.2. The van der Waals surface area contributed by atoms with Crippen molar-refractivity contribution in [1.82, 2.24) is 0 Å². The summed E-state index contributed by atoms with van der Waals surface area (Å²) in [4.78, 5) is 0. The first-order valence-corrected chi connectivity index (χ1v) is 5.82. The predicted octanol–water partition coefficient (Wildman–Crippen LogP) is 3.58. The Morgan fingerprint density at radius 2 is 2.06 bits per heavy atom. The van der Waals surface area contributed by atoms with E-state index in [1.807, 2.05) is 6.92 Å². The van der Waals surface area contributed by atoms with Crippen molar-refractivity contribution >= 4 is 11.0 Å². The first kappa shape index (κ1) is 11.2. The van der Waals surface area contributed by atoms with Gasteiger partial charge in [0.2, 0.25) is 0 Å². The average Bonchev–Trinajstić information content (AvgIpc) is 2.61. The molecule has 1 aromatic carbocycles. The monoisotopic (exact) mass is 217 g/mol.